The van der Waals surface area contributed by atoms with Gasteiger partial charge in [-0.1, -0.05) is 34.8 Å². The molecule has 0 heterocycles. The number of alkyl halides is 3. The molecule has 7 N–H and O–H groups in total. The van der Waals surface area contributed by atoms with Crippen LogP contribution in [0.4, 0.5) is 0 Å². The molecule has 0 aliphatic heterocycles. The lowest BCUT2D eigenvalue weighted by Gasteiger charge is -1.99. The summed E-state index contributed by atoms with van der Waals surface area (Å²) < 4.78 is -2.17. The molecule has 0 bridgehead atoms. The quantitative estimate of drug-likeness (QED) is 0.520. The largest absolute Gasteiger partial charge is 0.478 e. The highest BCUT2D eigenvalue weighted by molar-refractivity contribution is 6.75. The maximum Gasteiger partial charge on any atom is 0.356 e. The first-order chi connectivity index (χ1) is 2.94. The van der Waals surface area contributed by atoms with Crippen LogP contribution in [0.15, 0.2) is 0 Å². The summed E-state index contributed by atoms with van der Waals surface area (Å²) in [6, 6.07) is 0. The molecule has 0 unspecified atom stereocenters. The Hall–Kier alpha value is 0.220. The van der Waals surface area contributed by atoms with E-state index in [1.807, 2.05) is 0 Å². The monoisotopic (exact) mass is 216 g/mol. The molecule has 10 heavy (non-hydrogen) atoms. The zero-order valence-electron chi connectivity index (χ0n) is 4.49. The minimum Gasteiger partial charge on any atom is -0.478 e. The number of carbonyl (C=O) groups is 1. The predicted molar refractivity (Wildman–Crippen MR) is 38.8 cm³/mol. The summed E-state index contributed by atoms with van der Waals surface area (Å²) in [5, 5.41) is 7.85. The second-order valence-corrected chi connectivity index (χ2v) is 3.08. The minimum atomic E-state index is -2.17. The average Bonchev–Trinajstić information content (AvgIpc) is 1.31. The molecule has 0 aromatic rings. The summed E-state index contributed by atoms with van der Waals surface area (Å²) in [5.74, 6) is -1.46. The van der Waals surface area contributed by atoms with Gasteiger partial charge in [-0.05, 0) is 0 Å². The van der Waals surface area contributed by atoms with Gasteiger partial charge in [-0.15, -0.1) is 0 Å². The summed E-state index contributed by atoms with van der Waals surface area (Å²) >= 11 is 14.4. The molecule has 0 fully saturated rings. The zero-order valence-corrected chi connectivity index (χ0v) is 6.76. The molecule has 0 spiro atoms. The summed E-state index contributed by atoms with van der Waals surface area (Å²) in [4.78, 5) is 9.62. The molecule has 0 atom stereocenters. The Kier molecular flexibility index (Phi) is 16.5. The van der Waals surface area contributed by atoms with Gasteiger partial charge < -0.3 is 21.5 Å². The van der Waals surface area contributed by atoms with E-state index in [0.717, 1.165) is 0 Å². The van der Waals surface area contributed by atoms with E-state index in [0.29, 0.717) is 0 Å². The van der Waals surface area contributed by atoms with Crippen LogP contribution < -0.4 is 0 Å². The molecule has 5 nitrogen and oxygen atoms in total. The van der Waals surface area contributed by atoms with Crippen molar-refractivity contribution in [1.29, 1.82) is 0 Å². The summed E-state index contributed by atoms with van der Waals surface area (Å²) in [6.45, 7) is 0. The van der Waals surface area contributed by atoms with Gasteiger partial charge in [0, 0.05) is 0 Å². The third-order valence-electron chi connectivity index (χ3n) is 0.243. The van der Waals surface area contributed by atoms with Crippen molar-refractivity contribution in [2.75, 3.05) is 0 Å². The second kappa shape index (κ2) is 7.33. The Morgan fingerprint density at radius 2 is 1.20 bits per heavy atom. The van der Waals surface area contributed by atoms with Crippen LogP contribution in [0.5, 0.6) is 0 Å². The molecule has 0 saturated carbocycles. The molecule has 0 aliphatic carbocycles. The van der Waals surface area contributed by atoms with Gasteiger partial charge in [0.05, 0.1) is 0 Å². The summed E-state index contributed by atoms with van der Waals surface area (Å²) in [7, 11) is 0. The minimum absolute atomic E-state index is 0. The van der Waals surface area contributed by atoms with Crippen molar-refractivity contribution in [3.05, 3.63) is 0 Å². The Balaban J connectivity index is -0.0000000600. The highest BCUT2D eigenvalue weighted by Crippen LogP contribution is 2.25. The van der Waals surface area contributed by atoms with Crippen molar-refractivity contribution in [1.82, 2.24) is 0 Å². The third kappa shape index (κ3) is 11.1. The number of carboxylic acids is 1. The van der Waals surface area contributed by atoms with Gasteiger partial charge in [0.25, 0.3) is 3.79 Å². The van der Waals surface area contributed by atoms with Gasteiger partial charge in [-0.3, -0.25) is 0 Å². The molecule has 8 heteroatoms. The van der Waals surface area contributed by atoms with Crippen molar-refractivity contribution in [3.63, 3.8) is 0 Å². The Bertz CT molecular complexity index is 87.4. The Morgan fingerprint density at radius 1 is 1.10 bits per heavy atom. The normalized spacial score (nSPS) is 7.90. The number of rotatable bonds is 0. The summed E-state index contributed by atoms with van der Waals surface area (Å²) in [6.07, 6.45) is 0. The molecule has 0 saturated heterocycles. The van der Waals surface area contributed by atoms with E-state index < -0.39 is 9.76 Å². The first-order valence-corrected chi connectivity index (χ1v) is 2.38. The summed E-state index contributed by atoms with van der Waals surface area (Å²) in [5.41, 5.74) is 0. The van der Waals surface area contributed by atoms with Crippen molar-refractivity contribution in [3.8, 4) is 0 Å². The van der Waals surface area contributed by atoms with Gasteiger partial charge >= 0.3 is 5.97 Å². The maximum atomic E-state index is 9.62. The first-order valence-electron chi connectivity index (χ1n) is 1.24. The number of aliphatic carboxylic acids is 1. The van der Waals surface area contributed by atoms with Crippen LogP contribution in [0, 0.1) is 0 Å². The molecule has 0 aromatic heterocycles. The van der Waals surface area contributed by atoms with Crippen molar-refractivity contribution >= 4 is 40.8 Å². The second-order valence-electron chi connectivity index (χ2n) is 0.803. The van der Waals surface area contributed by atoms with Crippen LogP contribution in [0.25, 0.3) is 0 Å². The van der Waals surface area contributed by atoms with Crippen LogP contribution in [0.1, 0.15) is 0 Å². The smallest absolute Gasteiger partial charge is 0.356 e. The molecule has 66 valence electrons. The fourth-order valence-corrected chi connectivity index (χ4v) is 0. The Labute approximate surface area is 71.4 Å². The fourth-order valence-electron chi connectivity index (χ4n) is 0. The van der Waals surface area contributed by atoms with E-state index in [9.17, 15) is 4.79 Å². The topological polar surface area (TPSA) is 132 Å². The van der Waals surface area contributed by atoms with Crippen molar-refractivity contribution < 1.29 is 26.3 Å². The van der Waals surface area contributed by atoms with E-state index in [2.05, 4.69) is 0 Å². The highest BCUT2D eigenvalue weighted by Gasteiger charge is 2.29. The number of hydrogen-bond donors (Lipinski definition) is 1. The van der Waals surface area contributed by atoms with Crippen molar-refractivity contribution in [2.24, 2.45) is 0 Å². The SMILES string of the molecule is O.O.O.O=C(O)C(Cl)(Cl)Cl. The molecule has 0 aromatic carbocycles. The first kappa shape index (κ1) is 22.5. The molecule has 0 amide bonds. The van der Waals surface area contributed by atoms with Crippen LogP contribution >= 0.6 is 34.8 Å². The van der Waals surface area contributed by atoms with Crippen LogP contribution in [-0.2, 0) is 4.79 Å². The molecule has 0 rings (SSSR count). The van der Waals surface area contributed by atoms with E-state index in [1.165, 1.54) is 0 Å². The van der Waals surface area contributed by atoms with E-state index >= 15 is 0 Å². The van der Waals surface area contributed by atoms with Gasteiger partial charge in [0.15, 0.2) is 0 Å². The molecule has 0 aliphatic rings. The molecule has 0 radical (unpaired) electrons. The van der Waals surface area contributed by atoms with E-state index in [4.69, 9.17) is 39.9 Å². The van der Waals surface area contributed by atoms with E-state index in [-0.39, 0.29) is 16.4 Å². The van der Waals surface area contributed by atoms with Crippen molar-refractivity contribution in [2.45, 2.75) is 3.79 Å². The zero-order chi connectivity index (χ0) is 6.08. The van der Waals surface area contributed by atoms with Crippen LogP contribution in [0.3, 0.4) is 0 Å². The average molecular weight is 217 g/mol. The maximum absolute atomic E-state index is 9.62. The van der Waals surface area contributed by atoms with Gasteiger partial charge in [-0.25, -0.2) is 4.79 Å². The lowest BCUT2D eigenvalue weighted by Crippen LogP contribution is -2.16. The lowest BCUT2D eigenvalue weighted by atomic mass is 10.8. The van der Waals surface area contributed by atoms with Crippen LogP contribution in [-0.4, -0.2) is 31.3 Å². The fraction of sp³-hybridized carbons (Fsp3) is 0.500. The lowest BCUT2D eigenvalue weighted by molar-refractivity contribution is -0.135. The van der Waals surface area contributed by atoms with E-state index in [1.54, 1.807) is 0 Å². The van der Waals surface area contributed by atoms with Gasteiger partial charge in [0.2, 0.25) is 0 Å². The van der Waals surface area contributed by atoms with Gasteiger partial charge in [-0.2, -0.15) is 0 Å². The predicted octanol–water partition coefficient (Wildman–Crippen LogP) is -1.03. The third-order valence-corrected chi connectivity index (χ3v) is 0.728. The van der Waals surface area contributed by atoms with Crippen LogP contribution in [0.2, 0.25) is 0 Å². The standard InChI is InChI=1S/C2HCl3O2.3H2O/c3-2(4,5)1(6)7;;;/h(H,6,7);3*1H2. The number of halogens is 3. The number of carboxylic acid groups (broad SMARTS) is 1. The highest BCUT2D eigenvalue weighted by atomic mass is 35.6. The molecular weight excluding hydrogens is 210 g/mol. The molecular formula is C2H7Cl3O5. The Morgan fingerprint density at radius 3 is 1.20 bits per heavy atom. The van der Waals surface area contributed by atoms with Gasteiger partial charge in [0.1, 0.15) is 0 Å². The number of hydrogen-bond acceptors (Lipinski definition) is 1.